The average molecular weight is 344 g/mol. The van der Waals surface area contributed by atoms with E-state index in [1.807, 2.05) is 36.4 Å². The van der Waals surface area contributed by atoms with E-state index in [-0.39, 0.29) is 11.8 Å². The second-order valence-electron chi connectivity index (χ2n) is 5.71. The van der Waals surface area contributed by atoms with Crippen molar-refractivity contribution >= 4 is 28.8 Å². The van der Waals surface area contributed by atoms with Gasteiger partial charge in [-0.3, -0.25) is 9.59 Å². The summed E-state index contributed by atoms with van der Waals surface area (Å²) >= 11 is 1.48. The molecule has 0 radical (unpaired) electrons. The Morgan fingerprint density at radius 3 is 2.75 bits per heavy atom. The Kier molecular flexibility index (Phi) is 4.97. The monoisotopic (exact) mass is 344 g/mol. The number of rotatable bonds is 5. The minimum Gasteiger partial charge on any atom is -0.383 e. The van der Waals surface area contributed by atoms with Crippen molar-refractivity contribution in [3.05, 3.63) is 51.7 Å². The Hall–Kier alpha value is -2.18. The van der Waals surface area contributed by atoms with Crippen molar-refractivity contribution in [2.45, 2.75) is 6.42 Å². The first kappa shape index (κ1) is 16.7. The summed E-state index contributed by atoms with van der Waals surface area (Å²) in [5.41, 5.74) is 1.54. The molecule has 1 aromatic carbocycles. The lowest BCUT2D eigenvalue weighted by Gasteiger charge is -2.17. The first-order valence-corrected chi connectivity index (χ1v) is 8.67. The topological polar surface area (TPSA) is 49.9 Å². The van der Waals surface area contributed by atoms with Crippen LogP contribution < -0.4 is 4.90 Å². The molecule has 2 heterocycles. The maximum absolute atomic E-state index is 12.7. The Bertz CT molecular complexity index is 742. The number of benzene rings is 1. The van der Waals surface area contributed by atoms with Crippen LogP contribution >= 0.6 is 11.3 Å². The molecule has 2 aromatic rings. The first-order valence-electron chi connectivity index (χ1n) is 7.86. The van der Waals surface area contributed by atoms with E-state index in [1.165, 1.54) is 11.3 Å². The zero-order valence-electron chi connectivity index (χ0n) is 13.8. The van der Waals surface area contributed by atoms with Crippen molar-refractivity contribution in [2.75, 3.05) is 38.8 Å². The third kappa shape index (κ3) is 3.20. The molecular formula is C18H20N2O3S. The van der Waals surface area contributed by atoms with Crippen LogP contribution in [0.1, 0.15) is 24.9 Å². The zero-order valence-corrected chi connectivity index (χ0v) is 14.6. The number of ether oxygens (including phenoxy) is 1. The summed E-state index contributed by atoms with van der Waals surface area (Å²) in [6.45, 7) is 1.72. The van der Waals surface area contributed by atoms with Gasteiger partial charge >= 0.3 is 0 Å². The highest BCUT2D eigenvalue weighted by atomic mass is 32.1. The fourth-order valence-corrected chi connectivity index (χ4v) is 3.88. The number of amides is 2. The van der Waals surface area contributed by atoms with Crippen molar-refractivity contribution in [1.82, 2.24) is 4.90 Å². The summed E-state index contributed by atoms with van der Waals surface area (Å²) in [5, 5.41) is 0. The molecule has 3 rings (SSSR count). The van der Waals surface area contributed by atoms with Gasteiger partial charge in [-0.25, -0.2) is 0 Å². The number of hydrogen-bond acceptors (Lipinski definition) is 4. The Labute approximate surface area is 145 Å². The summed E-state index contributed by atoms with van der Waals surface area (Å²) in [5.74, 6) is -0.0440. The van der Waals surface area contributed by atoms with Gasteiger partial charge in [-0.1, -0.05) is 18.2 Å². The molecule has 0 fully saturated rings. The molecule has 0 saturated heterocycles. The minimum absolute atomic E-state index is 0.0149. The van der Waals surface area contributed by atoms with Crippen LogP contribution in [-0.2, 0) is 11.2 Å². The van der Waals surface area contributed by atoms with Crippen LogP contribution in [0.5, 0.6) is 0 Å². The number of nitrogens with zero attached hydrogens (tertiary/aromatic N) is 2. The summed E-state index contributed by atoms with van der Waals surface area (Å²) in [6, 6.07) is 11.1. The zero-order chi connectivity index (χ0) is 17.1. The number of carbonyl (C=O) groups is 2. The molecule has 0 atom stereocenters. The van der Waals surface area contributed by atoms with Crippen molar-refractivity contribution in [1.29, 1.82) is 0 Å². The first-order chi connectivity index (χ1) is 11.6. The van der Waals surface area contributed by atoms with Crippen molar-refractivity contribution in [3.63, 3.8) is 0 Å². The number of likely N-dealkylation sites (N-methyl/N-ethyl adjacent to an activating group) is 1. The SMILES string of the molecule is COCCN(C)C(=O)c1cc2c(s1)CCN2C(=O)c1ccccc1. The third-order valence-electron chi connectivity index (χ3n) is 4.09. The van der Waals surface area contributed by atoms with E-state index >= 15 is 0 Å². The standard InChI is InChI=1S/C18H20N2O3S/c1-19(10-11-23-2)18(22)16-12-14-15(24-16)8-9-20(14)17(21)13-6-4-3-5-7-13/h3-7,12H,8-11H2,1-2H3. The van der Waals surface area contributed by atoms with Crippen LogP contribution in [0.3, 0.4) is 0 Å². The predicted molar refractivity (Wildman–Crippen MR) is 95.0 cm³/mol. The van der Waals surface area contributed by atoms with E-state index < -0.39 is 0 Å². The Morgan fingerprint density at radius 2 is 2.04 bits per heavy atom. The fraction of sp³-hybridized carbons (Fsp3) is 0.333. The van der Waals surface area contributed by atoms with Gasteiger partial charge in [0.25, 0.3) is 11.8 Å². The van der Waals surface area contributed by atoms with E-state index in [1.54, 1.807) is 24.0 Å². The van der Waals surface area contributed by atoms with Crippen molar-refractivity contribution in [3.8, 4) is 0 Å². The van der Waals surface area contributed by atoms with E-state index in [2.05, 4.69) is 0 Å². The molecule has 2 amide bonds. The molecule has 0 unspecified atom stereocenters. The molecule has 1 aliphatic heterocycles. The number of fused-ring (bicyclic) bond motifs is 1. The molecule has 0 bridgehead atoms. The largest absolute Gasteiger partial charge is 0.383 e. The van der Waals surface area contributed by atoms with Gasteiger partial charge in [-0.15, -0.1) is 11.3 Å². The molecule has 0 saturated carbocycles. The second kappa shape index (κ2) is 7.15. The minimum atomic E-state index is -0.0291. The highest BCUT2D eigenvalue weighted by Gasteiger charge is 2.29. The van der Waals surface area contributed by atoms with E-state index in [9.17, 15) is 9.59 Å². The Morgan fingerprint density at radius 1 is 1.29 bits per heavy atom. The van der Waals surface area contributed by atoms with Gasteiger partial charge in [0.2, 0.25) is 0 Å². The van der Waals surface area contributed by atoms with Gasteiger partial charge in [0.05, 0.1) is 17.2 Å². The molecule has 0 N–H and O–H groups in total. The lowest BCUT2D eigenvalue weighted by Crippen LogP contribution is -2.30. The smallest absolute Gasteiger partial charge is 0.263 e. The molecule has 1 aliphatic rings. The number of thiophene rings is 1. The average Bonchev–Trinajstić information content (AvgIpc) is 3.19. The lowest BCUT2D eigenvalue weighted by atomic mass is 10.2. The molecule has 24 heavy (non-hydrogen) atoms. The van der Waals surface area contributed by atoms with Crippen molar-refractivity contribution < 1.29 is 14.3 Å². The third-order valence-corrected chi connectivity index (χ3v) is 5.27. The van der Waals surface area contributed by atoms with E-state index in [0.29, 0.717) is 30.1 Å². The molecule has 0 aliphatic carbocycles. The number of hydrogen-bond donors (Lipinski definition) is 0. The molecule has 1 aromatic heterocycles. The fourth-order valence-electron chi connectivity index (χ4n) is 2.73. The van der Waals surface area contributed by atoms with Crippen molar-refractivity contribution in [2.24, 2.45) is 0 Å². The van der Waals surface area contributed by atoms with Crippen LogP contribution in [0.25, 0.3) is 0 Å². The highest BCUT2D eigenvalue weighted by Crippen LogP contribution is 2.37. The number of methoxy groups -OCH3 is 1. The Balaban J connectivity index is 1.79. The van der Waals surface area contributed by atoms with Gasteiger partial charge < -0.3 is 14.5 Å². The highest BCUT2D eigenvalue weighted by molar-refractivity contribution is 7.14. The second-order valence-corrected chi connectivity index (χ2v) is 6.85. The van der Waals surface area contributed by atoms with Gasteiger partial charge in [-0.05, 0) is 18.2 Å². The van der Waals surface area contributed by atoms with Crippen LogP contribution in [0.4, 0.5) is 5.69 Å². The van der Waals surface area contributed by atoms with Gasteiger partial charge in [0.15, 0.2) is 0 Å². The van der Waals surface area contributed by atoms with Gasteiger partial charge in [-0.2, -0.15) is 0 Å². The lowest BCUT2D eigenvalue weighted by molar-refractivity contribution is 0.0748. The van der Waals surface area contributed by atoms with E-state index in [0.717, 1.165) is 17.0 Å². The maximum atomic E-state index is 12.7. The van der Waals surface area contributed by atoms with Crippen LogP contribution in [0.15, 0.2) is 36.4 Å². The van der Waals surface area contributed by atoms with Crippen LogP contribution in [0, 0.1) is 0 Å². The maximum Gasteiger partial charge on any atom is 0.263 e. The van der Waals surface area contributed by atoms with E-state index in [4.69, 9.17) is 4.74 Å². The number of anilines is 1. The molecule has 126 valence electrons. The normalized spacial score (nSPS) is 13.0. The molecular weight excluding hydrogens is 324 g/mol. The summed E-state index contributed by atoms with van der Waals surface area (Å²) < 4.78 is 5.01. The molecule has 6 heteroatoms. The number of carbonyl (C=O) groups excluding carboxylic acids is 2. The summed E-state index contributed by atoms with van der Waals surface area (Å²) in [4.78, 5) is 30.4. The molecule has 5 nitrogen and oxygen atoms in total. The molecule has 0 spiro atoms. The summed E-state index contributed by atoms with van der Waals surface area (Å²) in [7, 11) is 3.38. The van der Waals surface area contributed by atoms with Gasteiger partial charge in [0.1, 0.15) is 0 Å². The van der Waals surface area contributed by atoms with Crippen LogP contribution in [-0.4, -0.2) is 50.6 Å². The van der Waals surface area contributed by atoms with Gasteiger partial charge in [0, 0.05) is 44.1 Å². The van der Waals surface area contributed by atoms with Crippen LogP contribution in [0.2, 0.25) is 0 Å². The quantitative estimate of drug-likeness (QED) is 0.838. The predicted octanol–water partition coefficient (Wildman–Crippen LogP) is 2.67. The summed E-state index contributed by atoms with van der Waals surface area (Å²) in [6.07, 6.45) is 0.799.